The Labute approximate surface area is 134 Å². The van der Waals surface area contributed by atoms with E-state index in [0.29, 0.717) is 12.0 Å². The first-order valence-electron chi connectivity index (χ1n) is 7.68. The zero-order chi connectivity index (χ0) is 14.8. The largest absolute Gasteiger partial charge is 0.308 e. The van der Waals surface area contributed by atoms with E-state index < -0.39 is 0 Å². The number of hydrogen-bond acceptors (Lipinski definition) is 2. The molecule has 112 valence electrons. The summed E-state index contributed by atoms with van der Waals surface area (Å²) in [6.07, 6.45) is 5.34. The molecular weight excluding hydrogens is 326 g/mol. The molecule has 1 atom stereocenters. The van der Waals surface area contributed by atoms with Crippen LogP contribution in [0.2, 0.25) is 0 Å². The zero-order valence-electron chi connectivity index (χ0n) is 12.6. The van der Waals surface area contributed by atoms with Crippen molar-refractivity contribution in [3.63, 3.8) is 0 Å². The van der Waals surface area contributed by atoms with Crippen molar-refractivity contribution in [1.29, 1.82) is 0 Å². The fourth-order valence-corrected chi connectivity index (χ4v) is 3.98. The number of halogens is 1. The summed E-state index contributed by atoms with van der Waals surface area (Å²) in [6.45, 7) is 3.25. The second kappa shape index (κ2) is 6.32. The fraction of sp³-hybridized carbons (Fsp3) is 0.471. The number of fused-ring (bicyclic) bond motifs is 1. The molecule has 4 heteroatoms. The number of benzene rings is 1. The van der Waals surface area contributed by atoms with Crippen LogP contribution in [0.4, 0.5) is 0 Å². The molecule has 21 heavy (non-hydrogen) atoms. The summed E-state index contributed by atoms with van der Waals surface area (Å²) >= 11 is 3.67. The second-order valence-electron chi connectivity index (χ2n) is 5.87. The molecule has 0 bridgehead atoms. The third-order valence-corrected chi connectivity index (χ3v) is 5.01. The standard InChI is InChI=1S/C17H22BrN3/c1-3-8-19-16(17-15(18)11-20-21(17)2)14-9-12-6-4-5-7-13(12)10-14/h4-7,11,14,16,19H,3,8-10H2,1-2H3. The molecule has 1 aromatic heterocycles. The topological polar surface area (TPSA) is 29.9 Å². The van der Waals surface area contributed by atoms with Crippen LogP contribution in [-0.4, -0.2) is 16.3 Å². The molecule has 0 aliphatic heterocycles. The molecule has 1 aliphatic rings. The maximum Gasteiger partial charge on any atom is 0.0695 e. The molecule has 1 aromatic carbocycles. The molecule has 0 saturated heterocycles. The van der Waals surface area contributed by atoms with Gasteiger partial charge in [-0.05, 0) is 58.8 Å². The third-order valence-electron chi connectivity index (χ3n) is 4.40. The summed E-state index contributed by atoms with van der Waals surface area (Å²) < 4.78 is 3.11. The van der Waals surface area contributed by atoms with Crippen LogP contribution in [0, 0.1) is 5.92 Å². The van der Waals surface area contributed by atoms with Gasteiger partial charge in [0.25, 0.3) is 0 Å². The first kappa shape index (κ1) is 14.8. The van der Waals surface area contributed by atoms with Gasteiger partial charge in [0.05, 0.1) is 22.4 Å². The van der Waals surface area contributed by atoms with Crippen LogP contribution in [0.3, 0.4) is 0 Å². The molecule has 0 spiro atoms. The van der Waals surface area contributed by atoms with E-state index in [4.69, 9.17) is 0 Å². The highest BCUT2D eigenvalue weighted by atomic mass is 79.9. The van der Waals surface area contributed by atoms with Crippen molar-refractivity contribution in [2.75, 3.05) is 6.54 Å². The van der Waals surface area contributed by atoms with Gasteiger partial charge < -0.3 is 5.32 Å². The van der Waals surface area contributed by atoms with Crippen molar-refractivity contribution < 1.29 is 0 Å². The van der Waals surface area contributed by atoms with Gasteiger partial charge in [0.2, 0.25) is 0 Å². The molecule has 3 rings (SSSR count). The van der Waals surface area contributed by atoms with E-state index in [-0.39, 0.29) is 0 Å². The minimum absolute atomic E-state index is 0.347. The van der Waals surface area contributed by atoms with Crippen molar-refractivity contribution in [3.05, 3.63) is 51.8 Å². The van der Waals surface area contributed by atoms with Gasteiger partial charge in [-0.25, -0.2) is 0 Å². The SMILES string of the molecule is CCCNC(c1c(Br)cnn1C)C1Cc2ccccc2C1. The highest BCUT2D eigenvalue weighted by Crippen LogP contribution is 2.37. The van der Waals surface area contributed by atoms with E-state index in [9.17, 15) is 0 Å². The Morgan fingerprint density at radius 1 is 1.33 bits per heavy atom. The van der Waals surface area contributed by atoms with Crippen LogP contribution in [0.25, 0.3) is 0 Å². The predicted octanol–water partition coefficient (Wildman–Crippen LogP) is 3.64. The minimum Gasteiger partial charge on any atom is -0.308 e. The summed E-state index contributed by atoms with van der Waals surface area (Å²) in [5.41, 5.74) is 4.27. The van der Waals surface area contributed by atoms with E-state index in [0.717, 1.165) is 30.3 Å². The predicted molar refractivity (Wildman–Crippen MR) is 89.3 cm³/mol. The number of rotatable bonds is 5. The van der Waals surface area contributed by atoms with Crippen molar-refractivity contribution >= 4 is 15.9 Å². The summed E-state index contributed by atoms with van der Waals surface area (Å²) in [6, 6.07) is 9.18. The van der Waals surface area contributed by atoms with Gasteiger partial charge in [0, 0.05) is 7.05 Å². The Balaban J connectivity index is 1.88. The maximum absolute atomic E-state index is 4.40. The maximum atomic E-state index is 4.40. The number of aryl methyl sites for hydroxylation is 1. The lowest BCUT2D eigenvalue weighted by molar-refractivity contribution is 0.355. The van der Waals surface area contributed by atoms with Crippen molar-refractivity contribution in [2.45, 2.75) is 32.2 Å². The van der Waals surface area contributed by atoms with Crippen LogP contribution >= 0.6 is 15.9 Å². The molecule has 0 amide bonds. The van der Waals surface area contributed by atoms with Gasteiger partial charge in [-0.2, -0.15) is 5.10 Å². The minimum atomic E-state index is 0.347. The van der Waals surface area contributed by atoms with E-state index >= 15 is 0 Å². The molecule has 0 fully saturated rings. The Kier molecular flexibility index (Phi) is 4.45. The average molecular weight is 348 g/mol. The third kappa shape index (κ3) is 2.92. The fourth-order valence-electron chi connectivity index (χ4n) is 3.39. The van der Waals surface area contributed by atoms with Gasteiger partial charge in [0.15, 0.2) is 0 Å². The van der Waals surface area contributed by atoms with Crippen LogP contribution in [0.5, 0.6) is 0 Å². The monoisotopic (exact) mass is 347 g/mol. The molecular formula is C17H22BrN3. The van der Waals surface area contributed by atoms with E-state index in [1.54, 1.807) is 0 Å². The van der Waals surface area contributed by atoms with Gasteiger partial charge in [-0.15, -0.1) is 0 Å². The molecule has 1 aliphatic carbocycles. The summed E-state index contributed by atoms with van der Waals surface area (Å²) in [5.74, 6) is 0.598. The average Bonchev–Trinajstić information content (AvgIpc) is 3.05. The van der Waals surface area contributed by atoms with E-state index in [1.165, 1.54) is 16.8 Å². The van der Waals surface area contributed by atoms with Crippen LogP contribution in [0.15, 0.2) is 34.9 Å². The number of nitrogens with zero attached hydrogens (tertiary/aromatic N) is 2. The molecule has 0 saturated carbocycles. The smallest absolute Gasteiger partial charge is 0.0695 e. The molecule has 3 nitrogen and oxygen atoms in total. The Morgan fingerprint density at radius 3 is 2.52 bits per heavy atom. The van der Waals surface area contributed by atoms with Crippen molar-refractivity contribution in [2.24, 2.45) is 13.0 Å². The van der Waals surface area contributed by atoms with Crippen molar-refractivity contribution in [3.8, 4) is 0 Å². The Bertz CT molecular complexity index is 576. The lowest BCUT2D eigenvalue weighted by atomic mass is 9.93. The van der Waals surface area contributed by atoms with Crippen LogP contribution < -0.4 is 5.32 Å². The van der Waals surface area contributed by atoms with Gasteiger partial charge >= 0.3 is 0 Å². The second-order valence-corrected chi connectivity index (χ2v) is 6.72. The Hall–Kier alpha value is -1.13. The molecule has 1 heterocycles. The van der Waals surface area contributed by atoms with E-state index in [1.807, 2.05) is 17.9 Å². The van der Waals surface area contributed by atoms with Gasteiger partial charge in [-0.1, -0.05) is 31.2 Å². The summed E-state index contributed by atoms with van der Waals surface area (Å²) in [7, 11) is 2.03. The van der Waals surface area contributed by atoms with Crippen molar-refractivity contribution in [1.82, 2.24) is 15.1 Å². The van der Waals surface area contributed by atoms with E-state index in [2.05, 4.69) is 57.5 Å². The number of hydrogen-bond donors (Lipinski definition) is 1. The highest BCUT2D eigenvalue weighted by Gasteiger charge is 2.32. The quantitative estimate of drug-likeness (QED) is 0.894. The lowest BCUT2D eigenvalue weighted by Gasteiger charge is -2.25. The first-order valence-corrected chi connectivity index (χ1v) is 8.47. The lowest BCUT2D eigenvalue weighted by Crippen LogP contribution is -2.31. The highest BCUT2D eigenvalue weighted by molar-refractivity contribution is 9.10. The molecule has 1 N–H and O–H groups in total. The van der Waals surface area contributed by atoms with Crippen LogP contribution in [-0.2, 0) is 19.9 Å². The van der Waals surface area contributed by atoms with Crippen LogP contribution in [0.1, 0.15) is 36.2 Å². The molecule has 2 aromatic rings. The summed E-state index contributed by atoms with van der Waals surface area (Å²) in [5, 5.41) is 8.13. The number of aromatic nitrogens is 2. The zero-order valence-corrected chi connectivity index (χ0v) is 14.2. The summed E-state index contributed by atoms with van der Waals surface area (Å²) in [4.78, 5) is 0. The molecule has 1 unspecified atom stereocenters. The molecule has 0 radical (unpaired) electrons. The van der Waals surface area contributed by atoms with Gasteiger partial charge in [0.1, 0.15) is 0 Å². The normalized spacial score (nSPS) is 16.1. The van der Waals surface area contributed by atoms with Gasteiger partial charge in [-0.3, -0.25) is 4.68 Å². The Morgan fingerprint density at radius 2 is 2.00 bits per heavy atom. The number of nitrogens with one attached hydrogen (secondary N) is 1. The first-order chi connectivity index (χ1) is 10.2.